The quantitative estimate of drug-likeness (QED) is 0.908. The summed E-state index contributed by atoms with van der Waals surface area (Å²) in [6, 6.07) is 4.61. The third-order valence-electron chi connectivity index (χ3n) is 3.06. The van der Waals surface area contributed by atoms with Gasteiger partial charge in [0.25, 0.3) is 5.91 Å². The van der Waals surface area contributed by atoms with Crippen molar-refractivity contribution < 1.29 is 22.7 Å². The molecule has 0 saturated heterocycles. The lowest BCUT2D eigenvalue weighted by Gasteiger charge is -2.14. The summed E-state index contributed by atoms with van der Waals surface area (Å²) in [5.41, 5.74) is -1.18. The molecule has 1 aliphatic rings. The first-order valence-corrected chi connectivity index (χ1v) is 6.41. The highest BCUT2D eigenvalue weighted by Gasteiger charge is 2.35. The number of carbonyl (C=O) groups is 1. The summed E-state index contributed by atoms with van der Waals surface area (Å²) in [6.45, 7) is 0.0450. The maximum atomic E-state index is 12.9. The lowest BCUT2D eigenvalue weighted by Crippen LogP contribution is -2.30. The zero-order valence-corrected chi connectivity index (χ0v) is 11.0. The number of rotatable bonds is 5. The van der Waals surface area contributed by atoms with E-state index >= 15 is 0 Å². The molecule has 0 spiro atoms. The van der Waals surface area contributed by atoms with E-state index in [9.17, 15) is 18.0 Å². The van der Waals surface area contributed by atoms with Crippen LogP contribution in [0.2, 0.25) is 0 Å². The lowest BCUT2D eigenvalue weighted by molar-refractivity contribution is -0.139. The van der Waals surface area contributed by atoms with Gasteiger partial charge in [-0.3, -0.25) is 4.79 Å². The van der Waals surface area contributed by atoms with Crippen molar-refractivity contribution in [3.63, 3.8) is 0 Å². The number of benzene rings is 1. The standard InChI is InChI=1S/C14H13F3N2O2/c15-14(16,17)11-5-10(6-18)3-4-12(11)21-8-13(20)19-7-9-1-2-9/h3-5,9H,1-2,7-8H2,(H,19,20). The maximum absolute atomic E-state index is 12.9. The molecule has 0 radical (unpaired) electrons. The number of nitrogens with zero attached hydrogens (tertiary/aromatic N) is 1. The van der Waals surface area contributed by atoms with Gasteiger partial charge in [0.2, 0.25) is 0 Å². The topological polar surface area (TPSA) is 62.1 Å². The second kappa shape index (κ2) is 6.04. The van der Waals surface area contributed by atoms with Crippen molar-refractivity contribution in [2.75, 3.05) is 13.2 Å². The number of carbonyl (C=O) groups excluding carboxylic acids is 1. The van der Waals surface area contributed by atoms with Crippen molar-refractivity contribution in [1.29, 1.82) is 5.26 Å². The van der Waals surface area contributed by atoms with Crippen LogP contribution in [0.1, 0.15) is 24.0 Å². The molecule has 0 bridgehead atoms. The van der Waals surface area contributed by atoms with Gasteiger partial charge in [-0.2, -0.15) is 18.4 Å². The Morgan fingerprint density at radius 1 is 1.43 bits per heavy atom. The van der Waals surface area contributed by atoms with Gasteiger partial charge >= 0.3 is 6.18 Å². The van der Waals surface area contributed by atoms with Crippen molar-refractivity contribution >= 4 is 5.91 Å². The van der Waals surface area contributed by atoms with E-state index in [4.69, 9.17) is 10.00 Å². The summed E-state index contributed by atoms with van der Waals surface area (Å²) in [7, 11) is 0. The minimum Gasteiger partial charge on any atom is -0.483 e. The van der Waals surface area contributed by atoms with Gasteiger partial charge in [0.15, 0.2) is 6.61 Å². The molecule has 1 fully saturated rings. The highest BCUT2D eigenvalue weighted by molar-refractivity contribution is 5.77. The highest BCUT2D eigenvalue weighted by Crippen LogP contribution is 2.36. The molecule has 1 aromatic carbocycles. The van der Waals surface area contributed by atoms with Crippen molar-refractivity contribution in [1.82, 2.24) is 5.32 Å². The average Bonchev–Trinajstić information content (AvgIpc) is 3.26. The van der Waals surface area contributed by atoms with Crippen LogP contribution in [0.4, 0.5) is 13.2 Å². The van der Waals surface area contributed by atoms with E-state index in [1.54, 1.807) is 6.07 Å². The minimum atomic E-state index is -4.65. The summed E-state index contributed by atoms with van der Waals surface area (Å²) in [5.74, 6) is -0.433. The Bertz CT molecular complexity index is 575. The molecule has 1 saturated carbocycles. The molecule has 0 unspecified atom stereocenters. The molecular formula is C14H13F3N2O2. The molecule has 2 rings (SSSR count). The number of amides is 1. The predicted molar refractivity (Wildman–Crippen MR) is 67.4 cm³/mol. The molecule has 0 heterocycles. The third kappa shape index (κ3) is 4.38. The van der Waals surface area contributed by atoms with Crippen LogP contribution in [0.3, 0.4) is 0 Å². The zero-order valence-electron chi connectivity index (χ0n) is 11.0. The Labute approximate surface area is 119 Å². The summed E-state index contributed by atoms with van der Waals surface area (Å²) in [5, 5.41) is 11.2. The smallest absolute Gasteiger partial charge is 0.420 e. The third-order valence-corrected chi connectivity index (χ3v) is 3.06. The van der Waals surface area contributed by atoms with Gasteiger partial charge in [0.1, 0.15) is 5.75 Å². The van der Waals surface area contributed by atoms with Gasteiger partial charge in [-0.15, -0.1) is 0 Å². The first-order valence-electron chi connectivity index (χ1n) is 6.41. The lowest BCUT2D eigenvalue weighted by atomic mass is 10.1. The van der Waals surface area contributed by atoms with Gasteiger partial charge in [-0.05, 0) is 37.0 Å². The molecule has 0 atom stereocenters. The monoisotopic (exact) mass is 298 g/mol. The van der Waals surface area contributed by atoms with Crippen LogP contribution in [0.15, 0.2) is 18.2 Å². The Morgan fingerprint density at radius 2 is 2.14 bits per heavy atom. The molecule has 21 heavy (non-hydrogen) atoms. The van der Waals surface area contributed by atoms with E-state index in [2.05, 4.69) is 5.32 Å². The molecule has 0 aliphatic heterocycles. The van der Waals surface area contributed by atoms with E-state index in [1.807, 2.05) is 0 Å². The molecule has 4 nitrogen and oxygen atoms in total. The van der Waals surface area contributed by atoms with Crippen LogP contribution in [-0.2, 0) is 11.0 Å². The number of ether oxygens (including phenoxy) is 1. The van der Waals surface area contributed by atoms with Crippen molar-refractivity contribution in [2.24, 2.45) is 5.92 Å². The van der Waals surface area contributed by atoms with Crippen LogP contribution < -0.4 is 10.1 Å². The van der Waals surface area contributed by atoms with E-state index in [1.165, 1.54) is 6.07 Å². The molecule has 1 amide bonds. The molecule has 1 aromatic rings. The van der Waals surface area contributed by atoms with Crippen LogP contribution >= 0.6 is 0 Å². The van der Waals surface area contributed by atoms with Gasteiger partial charge in [-0.1, -0.05) is 0 Å². The molecule has 112 valence electrons. The van der Waals surface area contributed by atoms with Crippen LogP contribution in [0.5, 0.6) is 5.75 Å². The van der Waals surface area contributed by atoms with Crippen LogP contribution in [0, 0.1) is 17.2 Å². The number of alkyl halides is 3. The Balaban J connectivity index is 2.01. The van der Waals surface area contributed by atoms with E-state index in [-0.39, 0.29) is 5.56 Å². The number of halogens is 3. The zero-order chi connectivity index (χ0) is 15.5. The first kappa shape index (κ1) is 15.2. The molecule has 0 aromatic heterocycles. The maximum Gasteiger partial charge on any atom is 0.420 e. The fraction of sp³-hybridized carbons (Fsp3) is 0.429. The number of nitriles is 1. The van der Waals surface area contributed by atoms with Gasteiger partial charge in [0.05, 0.1) is 17.2 Å². The fourth-order valence-electron chi connectivity index (χ4n) is 1.72. The minimum absolute atomic E-state index is 0.118. The van der Waals surface area contributed by atoms with Crippen molar-refractivity contribution in [3.8, 4) is 11.8 Å². The van der Waals surface area contributed by atoms with Gasteiger partial charge < -0.3 is 10.1 Å². The SMILES string of the molecule is N#Cc1ccc(OCC(=O)NCC2CC2)c(C(F)(F)F)c1. The van der Waals surface area contributed by atoms with E-state index in [0.29, 0.717) is 18.5 Å². The van der Waals surface area contributed by atoms with Crippen molar-refractivity contribution in [3.05, 3.63) is 29.3 Å². The number of hydrogen-bond donors (Lipinski definition) is 1. The fourth-order valence-corrected chi connectivity index (χ4v) is 1.72. The van der Waals surface area contributed by atoms with Gasteiger partial charge in [-0.25, -0.2) is 0 Å². The van der Waals surface area contributed by atoms with E-state index < -0.39 is 30.0 Å². The Kier molecular flexibility index (Phi) is 4.36. The first-order chi connectivity index (χ1) is 9.90. The second-order valence-corrected chi connectivity index (χ2v) is 4.86. The highest BCUT2D eigenvalue weighted by atomic mass is 19.4. The van der Waals surface area contributed by atoms with Crippen LogP contribution in [0.25, 0.3) is 0 Å². The van der Waals surface area contributed by atoms with Crippen molar-refractivity contribution in [2.45, 2.75) is 19.0 Å². The Morgan fingerprint density at radius 3 is 2.71 bits per heavy atom. The average molecular weight is 298 g/mol. The summed E-state index contributed by atoms with van der Waals surface area (Å²) in [4.78, 5) is 11.5. The molecule has 1 aliphatic carbocycles. The summed E-state index contributed by atoms with van der Waals surface area (Å²) in [6.07, 6.45) is -2.52. The van der Waals surface area contributed by atoms with Crippen LogP contribution in [-0.4, -0.2) is 19.1 Å². The molecule has 7 heteroatoms. The predicted octanol–water partition coefficient (Wildman–Crippen LogP) is 2.48. The Hall–Kier alpha value is -2.23. The normalized spacial score (nSPS) is 14.4. The molecule has 1 N–H and O–H groups in total. The molecular weight excluding hydrogens is 285 g/mol. The number of nitrogens with one attached hydrogen (secondary N) is 1. The van der Waals surface area contributed by atoms with Gasteiger partial charge in [0, 0.05) is 6.54 Å². The largest absolute Gasteiger partial charge is 0.483 e. The summed E-state index contributed by atoms with van der Waals surface area (Å²) >= 11 is 0. The number of hydrogen-bond acceptors (Lipinski definition) is 3. The second-order valence-electron chi connectivity index (χ2n) is 4.86. The van der Waals surface area contributed by atoms with E-state index in [0.717, 1.165) is 18.9 Å². The summed E-state index contributed by atoms with van der Waals surface area (Å²) < 4.78 is 43.5.